The molecule has 96 heavy (non-hydrogen) atoms. The topological polar surface area (TPSA) is 237 Å². The number of esters is 2. The number of allylic oxidation sites excluding steroid dienone is 12. The van der Waals surface area contributed by atoms with E-state index in [4.69, 9.17) is 37.0 Å². The molecule has 0 heterocycles. The number of unbranched alkanes of at least 4 members (excludes halogenated alkanes) is 36. The predicted molar refractivity (Wildman–Crippen MR) is 391 cm³/mol. The van der Waals surface area contributed by atoms with Gasteiger partial charge in [0, 0.05) is 38.9 Å². The number of carbonyl (C=O) groups is 4. The predicted octanol–water partition coefficient (Wildman–Crippen LogP) is 21.0. The van der Waals surface area contributed by atoms with Crippen molar-refractivity contribution in [3.05, 3.63) is 72.9 Å². The highest BCUT2D eigenvalue weighted by atomic mass is 31.2. The highest BCUT2D eigenvalue weighted by Crippen LogP contribution is 2.45. The Labute approximate surface area is 583 Å². The molecule has 0 saturated heterocycles. The summed E-state index contributed by atoms with van der Waals surface area (Å²) in [6.45, 7) is 2.35. The van der Waals surface area contributed by atoms with E-state index in [1.54, 1.807) is 0 Å². The third-order valence-electron chi connectivity index (χ3n) is 16.1. The first-order valence-corrected chi connectivity index (χ1v) is 41.1. The second-order valence-corrected chi connectivity index (χ2v) is 28.4. The zero-order chi connectivity index (χ0) is 70.0. The summed E-state index contributed by atoms with van der Waals surface area (Å²) in [7, 11) is -9.73. The van der Waals surface area contributed by atoms with Gasteiger partial charge in [0.15, 0.2) is 0 Å². The first-order chi connectivity index (χ1) is 46.9. The summed E-state index contributed by atoms with van der Waals surface area (Å²) in [4.78, 5) is 68.2. The zero-order valence-electron chi connectivity index (χ0n) is 60.4. The molecule has 0 aliphatic rings. The van der Waals surface area contributed by atoms with Gasteiger partial charge in [-0.2, -0.15) is 0 Å². The maximum atomic E-state index is 13.1. The molecule has 0 aliphatic carbocycles. The van der Waals surface area contributed by atoms with Gasteiger partial charge in [-0.1, -0.05) is 241 Å². The number of carbonyl (C=O) groups excluding carboxylic acids is 4. The lowest BCUT2D eigenvalue weighted by Gasteiger charge is -2.21. The van der Waals surface area contributed by atoms with E-state index in [1.807, 2.05) is 6.08 Å². The van der Waals surface area contributed by atoms with Gasteiger partial charge < -0.3 is 43.4 Å². The molecule has 3 N–H and O–H groups in total. The standard InChI is InChI=1S/C77H138O17P2/c1-3-5-7-9-11-13-15-17-18-19-20-26-32-38-44-50-56-62-77(82)94-75(70-88-66-60-54-48-42-36-30-24-22-28-34-40-46-52-58-64-79)72-92-96(85,86)90-68-73(80)67-89-95(83,84)91-71-74(93-76(81)61-55-49-43-37-31-25-16-14-12-10-8-6-4-2)69-87-65-59-53-47-41-35-29-23-21-27-33-39-45-51-57-63-78/h11,13,17-18,20-24,26,38,44,63-64,73-75,80H,3-10,12,14-16,19,25,27-37,39-43,45-62,65-72H2,1-2H3,(H,83,84)(H,85,86)/b13-11-,18-17-,23-21-,24-22-,26-20-,44-38-/t73-,74+,75+/m0/s1. The number of phosphoric ester groups is 2. The summed E-state index contributed by atoms with van der Waals surface area (Å²) in [6, 6.07) is 0. The van der Waals surface area contributed by atoms with Crippen LogP contribution in [0.15, 0.2) is 72.9 Å². The Morgan fingerprint density at radius 2 is 0.583 bits per heavy atom. The zero-order valence-corrected chi connectivity index (χ0v) is 62.2. The van der Waals surface area contributed by atoms with Crippen LogP contribution in [0.5, 0.6) is 0 Å². The number of ether oxygens (including phenoxy) is 4. The van der Waals surface area contributed by atoms with E-state index in [-0.39, 0.29) is 26.1 Å². The molecule has 0 fully saturated rings. The van der Waals surface area contributed by atoms with Crippen LogP contribution in [0, 0.1) is 0 Å². The lowest BCUT2D eigenvalue weighted by Crippen LogP contribution is -2.29. The lowest BCUT2D eigenvalue weighted by molar-refractivity contribution is -0.155. The molecule has 0 aromatic heterocycles. The van der Waals surface area contributed by atoms with E-state index in [9.17, 15) is 43.2 Å². The maximum absolute atomic E-state index is 13.1. The molecule has 0 saturated carbocycles. The van der Waals surface area contributed by atoms with Gasteiger partial charge in [0.2, 0.25) is 0 Å². The van der Waals surface area contributed by atoms with E-state index in [0.717, 1.165) is 199 Å². The lowest BCUT2D eigenvalue weighted by atomic mass is 10.0. The normalized spacial score (nSPS) is 14.4. The fourth-order valence-electron chi connectivity index (χ4n) is 10.4. The van der Waals surface area contributed by atoms with Gasteiger partial charge in [-0.15, -0.1) is 0 Å². The molecule has 5 atom stereocenters. The Morgan fingerprint density at radius 1 is 0.323 bits per heavy atom. The maximum Gasteiger partial charge on any atom is 0.472 e. The van der Waals surface area contributed by atoms with Crippen molar-refractivity contribution in [2.45, 2.75) is 340 Å². The highest BCUT2D eigenvalue weighted by molar-refractivity contribution is 7.47. The van der Waals surface area contributed by atoms with Crippen molar-refractivity contribution < 1.29 is 80.2 Å². The molecule has 0 radical (unpaired) electrons. The number of hydrogen-bond acceptors (Lipinski definition) is 15. The Balaban J connectivity index is 5.24. The second kappa shape index (κ2) is 73.1. The van der Waals surface area contributed by atoms with Crippen molar-refractivity contribution in [2.24, 2.45) is 0 Å². The van der Waals surface area contributed by atoms with E-state index < -0.39 is 72.3 Å². The molecule has 0 spiro atoms. The smallest absolute Gasteiger partial charge is 0.457 e. The molecule has 0 rings (SSSR count). The molecule has 0 aromatic carbocycles. The van der Waals surface area contributed by atoms with Gasteiger partial charge >= 0.3 is 27.6 Å². The average molecular weight is 1400 g/mol. The van der Waals surface area contributed by atoms with Crippen LogP contribution >= 0.6 is 15.6 Å². The number of phosphoric acid groups is 2. The van der Waals surface area contributed by atoms with Crippen LogP contribution in [0.4, 0.5) is 0 Å². The van der Waals surface area contributed by atoms with E-state index in [1.165, 1.54) is 77.0 Å². The van der Waals surface area contributed by atoms with Gasteiger partial charge in [0.1, 0.15) is 30.9 Å². The number of hydrogen-bond donors (Lipinski definition) is 3. The molecule has 558 valence electrons. The number of rotatable bonds is 76. The van der Waals surface area contributed by atoms with Crippen molar-refractivity contribution >= 4 is 40.2 Å². The van der Waals surface area contributed by atoms with Crippen LogP contribution in [0.25, 0.3) is 0 Å². The van der Waals surface area contributed by atoms with Gasteiger partial charge in [0.25, 0.3) is 0 Å². The third kappa shape index (κ3) is 72.1. The van der Waals surface area contributed by atoms with Crippen LogP contribution in [0.3, 0.4) is 0 Å². The van der Waals surface area contributed by atoms with Crippen molar-refractivity contribution in [1.82, 2.24) is 0 Å². The fraction of sp³-hybridized carbons (Fsp3) is 0.792. The summed E-state index contributed by atoms with van der Waals surface area (Å²) in [5.74, 6) is -0.986. The van der Waals surface area contributed by atoms with Crippen LogP contribution < -0.4 is 0 Å². The molecule has 0 aromatic rings. The molecule has 0 bridgehead atoms. The summed E-state index contributed by atoms with van der Waals surface area (Å²) in [5, 5.41) is 10.6. The summed E-state index contributed by atoms with van der Waals surface area (Å²) >= 11 is 0. The Hall–Kier alpha value is -3.18. The van der Waals surface area contributed by atoms with Crippen molar-refractivity contribution in [3.63, 3.8) is 0 Å². The minimum Gasteiger partial charge on any atom is -0.457 e. The minimum absolute atomic E-state index is 0.0693. The van der Waals surface area contributed by atoms with E-state index >= 15 is 0 Å². The molecular weight excluding hydrogens is 1260 g/mol. The number of aldehydes is 2. The monoisotopic (exact) mass is 1400 g/mol. The fourth-order valence-corrected chi connectivity index (χ4v) is 11.9. The summed E-state index contributed by atoms with van der Waals surface area (Å²) in [5.41, 5.74) is 0. The van der Waals surface area contributed by atoms with Crippen molar-refractivity contribution in [2.75, 3.05) is 52.9 Å². The van der Waals surface area contributed by atoms with E-state index in [2.05, 4.69) is 80.7 Å². The number of aliphatic hydroxyl groups excluding tert-OH is 1. The molecule has 0 aliphatic heterocycles. The van der Waals surface area contributed by atoms with Gasteiger partial charge in [-0.3, -0.25) is 27.7 Å². The van der Waals surface area contributed by atoms with Crippen LogP contribution in [-0.4, -0.2) is 111 Å². The first kappa shape index (κ1) is 92.8. The summed E-state index contributed by atoms with van der Waals surface area (Å²) in [6.07, 6.45) is 72.8. The Bertz CT molecular complexity index is 2040. The minimum atomic E-state index is -4.87. The Kier molecular flexibility index (Phi) is 70.6. The quantitative estimate of drug-likeness (QED) is 0.0169. The van der Waals surface area contributed by atoms with Gasteiger partial charge in [-0.05, 0) is 128 Å². The SMILES string of the molecule is CCCCC/C=C\C/C=C\C/C=C\C/C=C\CCCC(=O)O[C@H](COCCCCCCC/C=C\CCCCCCC=O)COP(=O)(O)OC[C@@H](O)COP(=O)(O)OC[C@@H](COCCCCCCC/C=C\CCCCCCC=O)OC(=O)CCCCCCCCCCCCCCC. The van der Waals surface area contributed by atoms with Crippen LogP contribution in [-0.2, 0) is 65.4 Å². The van der Waals surface area contributed by atoms with Crippen LogP contribution in [0.2, 0.25) is 0 Å². The molecule has 19 heteroatoms. The first-order valence-electron chi connectivity index (χ1n) is 38.1. The average Bonchev–Trinajstić information content (AvgIpc) is 1.75. The van der Waals surface area contributed by atoms with Crippen molar-refractivity contribution in [3.8, 4) is 0 Å². The second-order valence-electron chi connectivity index (χ2n) is 25.5. The molecule has 0 amide bonds. The van der Waals surface area contributed by atoms with Gasteiger partial charge in [-0.25, -0.2) is 9.13 Å². The number of aliphatic hydroxyl groups is 1. The Morgan fingerprint density at radius 3 is 0.948 bits per heavy atom. The van der Waals surface area contributed by atoms with E-state index in [0.29, 0.717) is 45.3 Å². The highest BCUT2D eigenvalue weighted by Gasteiger charge is 2.30. The van der Waals surface area contributed by atoms with Crippen LogP contribution in [0.1, 0.15) is 322 Å². The largest absolute Gasteiger partial charge is 0.472 e. The third-order valence-corrected chi connectivity index (χ3v) is 18.0. The molecular formula is C77H138O17P2. The summed E-state index contributed by atoms with van der Waals surface area (Å²) < 4.78 is 69.7. The molecule has 17 nitrogen and oxygen atoms in total. The van der Waals surface area contributed by atoms with Gasteiger partial charge in [0.05, 0.1) is 39.6 Å². The van der Waals surface area contributed by atoms with Crippen molar-refractivity contribution in [1.29, 1.82) is 0 Å². The molecule has 2 unspecified atom stereocenters.